The van der Waals surface area contributed by atoms with Crippen molar-refractivity contribution in [2.75, 3.05) is 64.3 Å². The zero-order valence-corrected chi connectivity index (χ0v) is 18.9. The number of hydrogen-bond acceptors (Lipinski definition) is 4. The summed E-state index contributed by atoms with van der Waals surface area (Å²) in [7, 11) is 1.84. The molecule has 3 N–H and O–H groups in total. The van der Waals surface area contributed by atoms with Gasteiger partial charge >= 0.3 is 0 Å². The van der Waals surface area contributed by atoms with Crippen LogP contribution in [0.25, 0.3) is 0 Å². The molecular formula is C23H38N6O. The lowest BCUT2D eigenvalue weighted by Gasteiger charge is -2.38. The summed E-state index contributed by atoms with van der Waals surface area (Å²) in [6.07, 6.45) is 2.62. The van der Waals surface area contributed by atoms with Gasteiger partial charge in [0.25, 0.3) is 0 Å². The van der Waals surface area contributed by atoms with Gasteiger partial charge in [-0.1, -0.05) is 12.1 Å². The van der Waals surface area contributed by atoms with E-state index in [1.54, 1.807) is 0 Å². The van der Waals surface area contributed by atoms with Crippen LogP contribution in [0.2, 0.25) is 0 Å². The second-order valence-corrected chi connectivity index (χ2v) is 8.65. The van der Waals surface area contributed by atoms with Gasteiger partial charge in [-0.25, -0.2) is 0 Å². The number of aryl methyl sites for hydroxylation is 1. The van der Waals surface area contributed by atoms with Crippen molar-refractivity contribution in [2.24, 2.45) is 16.6 Å². The van der Waals surface area contributed by atoms with Crippen LogP contribution in [-0.2, 0) is 4.79 Å². The van der Waals surface area contributed by atoms with E-state index in [4.69, 9.17) is 5.73 Å². The molecule has 1 atom stereocenters. The lowest BCUT2D eigenvalue weighted by molar-refractivity contribution is -0.119. The molecule has 2 fully saturated rings. The molecule has 0 saturated carbocycles. The molecular weight excluding hydrogens is 376 g/mol. The van der Waals surface area contributed by atoms with Crippen LogP contribution in [0.5, 0.6) is 0 Å². The number of primary amides is 1. The third-order valence-electron chi connectivity index (χ3n) is 6.52. The van der Waals surface area contributed by atoms with E-state index in [1.807, 2.05) is 7.05 Å². The summed E-state index contributed by atoms with van der Waals surface area (Å²) < 4.78 is 0. The number of hydrogen-bond donors (Lipinski definition) is 2. The maximum absolute atomic E-state index is 11.3. The fourth-order valence-electron chi connectivity index (χ4n) is 4.66. The maximum atomic E-state index is 11.3. The van der Waals surface area contributed by atoms with Crippen LogP contribution in [0.4, 0.5) is 5.69 Å². The second kappa shape index (κ2) is 10.7. The van der Waals surface area contributed by atoms with Crippen LogP contribution in [0, 0.1) is 19.8 Å². The Balaban J connectivity index is 1.42. The molecule has 1 aromatic rings. The van der Waals surface area contributed by atoms with E-state index in [9.17, 15) is 4.79 Å². The first kappa shape index (κ1) is 22.4. The molecule has 2 aliphatic rings. The number of rotatable bonds is 6. The molecule has 166 valence electrons. The summed E-state index contributed by atoms with van der Waals surface area (Å²) in [4.78, 5) is 23.0. The highest BCUT2D eigenvalue weighted by Crippen LogP contribution is 2.24. The number of nitrogens with two attached hydrogens (primary N) is 1. The normalized spacial score (nSPS) is 21.0. The SMILES string of the molecule is CN=C(NCCN1CCN(c2cccc(C)c2C)CC1)N1CCCC(CC(N)=O)C1. The number of aliphatic imine (C=N–C) groups is 1. The molecule has 30 heavy (non-hydrogen) atoms. The summed E-state index contributed by atoms with van der Waals surface area (Å²) in [5, 5.41) is 3.52. The fourth-order valence-corrected chi connectivity index (χ4v) is 4.66. The average Bonchev–Trinajstić information content (AvgIpc) is 2.73. The van der Waals surface area contributed by atoms with Gasteiger partial charge in [-0.2, -0.15) is 0 Å². The molecule has 3 rings (SSSR count). The van der Waals surface area contributed by atoms with Crippen molar-refractivity contribution in [3.05, 3.63) is 29.3 Å². The number of guanidine groups is 1. The van der Waals surface area contributed by atoms with E-state index < -0.39 is 0 Å². The van der Waals surface area contributed by atoms with Crippen LogP contribution in [0.3, 0.4) is 0 Å². The van der Waals surface area contributed by atoms with Crippen molar-refractivity contribution >= 4 is 17.6 Å². The molecule has 0 radical (unpaired) electrons. The van der Waals surface area contributed by atoms with Gasteiger partial charge < -0.3 is 20.9 Å². The highest BCUT2D eigenvalue weighted by atomic mass is 16.1. The van der Waals surface area contributed by atoms with Gasteiger partial charge in [0, 0.05) is 71.5 Å². The molecule has 2 saturated heterocycles. The Hall–Kier alpha value is -2.28. The Morgan fingerprint density at radius 2 is 1.97 bits per heavy atom. The van der Waals surface area contributed by atoms with Crippen molar-refractivity contribution in [3.8, 4) is 0 Å². The van der Waals surface area contributed by atoms with E-state index in [-0.39, 0.29) is 5.91 Å². The van der Waals surface area contributed by atoms with Crippen LogP contribution in [0.1, 0.15) is 30.4 Å². The Morgan fingerprint density at radius 3 is 2.67 bits per heavy atom. The zero-order valence-electron chi connectivity index (χ0n) is 18.9. The lowest BCUT2D eigenvalue weighted by Crippen LogP contribution is -2.51. The van der Waals surface area contributed by atoms with E-state index in [1.165, 1.54) is 16.8 Å². The molecule has 0 spiro atoms. The summed E-state index contributed by atoms with van der Waals surface area (Å²) in [5.41, 5.74) is 9.53. The molecule has 0 bridgehead atoms. The Kier molecular flexibility index (Phi) is 7.96. The number of carbonyl (C=O) groups excluding carboxylic acids is 1. The fraction of sp³-hybridized carbons (Fsp3) is 0.652. The predicted octanol–water partition coefficient (Wildman–Crippen LogP) is 1.59. The summed E-state index contributed by atoms with van der Waals surface area (Å²) in [6, 6.07) is 6.59. The predicted molar refractivity (Wildman–Crippen MR) is 124 cm³/mol. The van der Waals surface area contributed by atoms with Crippen molar-refractivity contribution in [1.29, 1.82) is 0 Å². The smallest absolute Gasteiger partial charge is 0.217 e. The van der Waals surface area contributed by atoms with E-state index in [0.29, 0.717) is 12.3 Å². The van der Waals surface area contributed by atoms with Gasteiger partial charge in [0.2, 0.25) is 5.91 Å². The molecule has 0 aromatic heterocycles. The minimum atomic E-state index is -0.204. The topological polar surface area (TPSA) is 77.2 Å². The first-order valence-electron chi connectivity index (χ1n) is 11.3. The standard InChI is InChI=1S/C23H38N6O/c1-18-6-4-8-21(19(18)2)28-14-12-27(13-15-28)11-9-26-23(25-3)29-10-5-7-20(17-29)16-22(24)30/h4,6,8,20H,5,7,9-17H2,1-3H3,(H2,24,30)(H,25,26). The third-order valence-corrected chi connectivity index (χ3v) is 6.52. The van der Waals surface area contributed by atoms with Gasteiger partial charge in [0.15, 0.2) is 5.96 Å². The van der Waals surface area contributed by atoms with Gasteiger partial charge in [-0.3, -0.25) is 14.7 Å². The van der Waals surface area contributed by atoms with Crippen molar-refractivity contribution in [1.82, 2.24) is 15.1 Å². The van der Waals surface area contributed by atoms with E-state index in [0.717, 1.165) is 71.2 Å². The van der Waals surface area contributed by atoms with Gasteiger partial charge in [0.05, 0.1) is 0 Å². The number of carbonyl (C=O) groups is 1. The average molecular weight is 415 g/mol. The number of nitrogens with zero attached hydrogens (tertiary/aromatic N) is 4. The van der Waals surface area contributed by atoms with Crippen LogP contribution < -0.4 is 16.0 Å². The Bertz CT molecular complexity index is 741. The lowest BCUT2D eigenvalue weighted by atomic mass is 9.95. The van der Waals surface area contributed by atoms with Gasteiger partial charge in [0.1, 0.15) is 0 Å². The molecule has 1 unspecified atom stereocenters. The van der Waals surface area contributed by atoms with Crippen molar-refractivity contribution in [2.45, 2.75) is 33.1 Å². The summed E-state index contributed by atoms with van der Waals surface area (Å²) in [5.74, 6) is 1.08. The zero-order chi connectivity index (χ0) is 21.5. The van der Waals surface area contributed by atoms with E-state index in [2.05, 4.69) is 57.1 Å². The maximum Gasteiger partial charge on any atom is 0.217 e. The quantitative estimate of drug-likeness (QED) is 0.546. The molecule has 1 amide bonds. The molecule has 7 nitrogen and oxygen atoms in total. The van der Waals surface area contributed by atoms with E-state index >= 15 is 0 Å². The summed E-state index contributed by atoms with van der Waals surface area (Å²) >= 11 is 0. The van der Waals surface area contributed by atoms with Crippen LogP contribution >= 0.6 is 0 Å². The van der Waals surface area contributed by atoms with Crippen molar-refractivity contribution in [3.63, 3.8) is 0 Å². The molecule has 2 heterocycles. The molecule has 1 aromatic carbocycles. The Morgan fingerprint density at radius 1 is 1.20 bits per heavy atom. The molecule has 0 aliphatic carbocycles. The summed E-state index contributed by atoms with van der Waals surface area (Å²) in [6.45, 7) is 12.5. The molecule has 7 heteroatoms. The van der Waals surface area contributed by atoms with Gasteiger partial charge in [-0.05, 0) is 49.8 Å². The first-order valence-corrected chi connectivity index (χ1v) is 11.3. The largest absolute Gasteiger partial charge is 0.370 e. The first-order chi connectivity index (χ1) is 14.5. The molecule has 2 aliphatic heterocycles. The number of anilines is 1. The second-order valence-electron chi connectivity index (χ2n) is 8.65. The van der Waals surface area contributed by atoms with Gasteiger partial charge in [-0.15, -0.1) is 0 Å². The number of piperidine rings is 1. The van der Waals surface area contributed by atoms with Crippen LogP contribution in [-0.4, -0.2) is 81.1 Å². The minimum Gasteiger partial charge on any atom is -0.370 e. The number of nitrogens with one attached hydrogen (secondary N) is 1. The highest BCUT2D eigenvalue weighted by molar-refractivity contribution is 5.80. The number of amides is 1. The minimum absolute atomic E-state index is 0.204. The Labute approximate surface area is 181 Å². The number of benzene rings is 1. The number of piperazine rings is 1. The highest BCUT2D eigenvalue weighted by Gasteiger charge is 2.24. The van der Waals surface area contributed by atoms with Crippen LogP contribution in [0.15, 0.2) is 23.2 Å². The number of likely N-dealkylation sites (tertiary alicyclic amines) is 1. The monoisotopic (exact) mass is 414 g/mol. The van der Waals surface area contributed by atoms with Crippen molar-refractivity contribution < 1.29 is 4.79 Å². The third kappa shape index (κ3) is 5.88.